The monoisotopic (exact) mass is 570 g/mol. The maximum absolute atomic E-state index is 13.1. The van der Waals surface area contributed by atoms with E-state index in [4.69, 9.17) is 27.6 Å². The highest BCUT2D eigenvalue weighted by atomic mass is 35.5. The largest absolute Gasteiger partial charge is 0.407 e. The van der Waals surface area contributed by atoms with Crippen LogP contribution in [-0.4, -0.2) is 33.4 Å². The van der Waals surface area contributed by atoms with Gasteiger partial charge in [-0.1, -0.05) is 118 Å². The predicted octanol–water partition coefficient (Wildman–Crippen LogP) is 6.90. The van der Waals surface area contributed by atoms with Crippen LogP contribution in [0.1, 0.15) is 47.5 Å². The molecule has 4 nitrogen and oxygen atoms in total. The highest BCUT2D eigenvalue weighted by Crippen LogP contribution is 2.36. The van der Waals surface area contributed by atoms with Crippen LogP contribution in [0.5, 0.6) is 0 Å². The van der Waals surface area contributed by atoms with Crippen molar-refractivity contribution in [2.45, 2.75) is 58.5 Å². The van der Waals surface area contributed by atoms with Gasteiger partial charge >= 0.3 is 0 Å². The van der Waals surface area contributed by atoms with Gasteiger partial charge in [0, 0.05) is 12.3 Å². The summed E-state index contributed by atoms with van der Waals surface area (Å²) in [4.78, 5) is 13.1. The van der Waals surface area contributed by atoms with E-state index < -0.39 is 8.32 Å². The molecule has 0 bridgehead atoms. The normalized spacial score (nSPS) is 12.9. The molecular weight excluding hydrogens is 531 g/mol. The van der Waals surface area contributed by atoms with Crippen LogP contribution >= 0.6 is 23.2 Å². The van der Waals surface area contributed by atoms with Gasteiger partial charge in [0.25, 0.3) is 8.32 Å². The lowest BCUT2D eigenvalue weighted by atomic mass is 10.0. The van der Waals surface area contributed by atoms with E-state index in [1.807, 2.05) is 0 Å². The molecule has 0 saturated heterocycles. The summed E-state index contributed by atoms with van der Waals surface area (Å²) in [5, 5.41) is 9.79. The third-order valence-electron chi connectivity index (χ3n) is 6.66. The molecule has 1 unspecified atom stereocenters. The number of rotatable bonds is 12. The Labute approximate surface area is 239 Å². The van der Waals surface area contributed by atoms with Crippen LogP contribution in [-0.2, 0) is 9.22 Å². The molecule has 204 valence electrons. The molecule has 3 rings (SSSR count). The summed E-state index contributed by atoms with van der Waals surface area (Å²) in [5.74, 6) is 0.283. The fourth-order valence-electron chi connectivity index (χ4n) is 4.89. The topological polar surface area (TPSA) is 50.4 Å². The highest BCUT2D eigenvalue weighted by Gasteiger charge is 2.49. The van der Waals surface area contributed by atoms with Crippen LogP contribution in [0.3, 0.4) is 0 Å². The second-order valence-corrected chi connectivity index (χ2v) is 16.2. The maximum atomic E-state index is 13.1. The van der Waals surface area contributed by atoms with Crippen molar-refractivity contribution < 1.29 is 9.22 Å². The summed E-state index contributed by atoms with van der Waals surface area (Å²) in [5.41, 5.74) is 0.634. The summed E-state index contributed by atoms with van der Waals surface area (Å²) < 4.78 is 6.98. The molecular formula is C31H40Cl2N2O2Si. The van der Waals surface area contributed by atoms with Crippen molar-refractivity contribution in [2.75, 3.05) is 18.5 Å². The quantitative estimate of drug-likeness (QED) is 0.184. The number of carbonyl (C=O) groups excluding carboxylic acids is 1. The van der Waals surface area contributed by atoms with Gasteiger partial charge in [-0.25, -0.2) is 0 Å². The third kappa shape index (κ3) is 7.70. The average Bonchev–Trinajstić information content (AvgIpc) is 2.87. The van der Waals surface area contributed by atoms with E-state index in [1.54, 1.807) is 18.2 Å². The fourth-order valence-corrected chi connectivity index (χ4v) is 9.80. The second-order valence-electron chi connectivity index (χ2n) is 11.1. The lowest BCUT2D eigenvalue weighted by Gasteiger charge is -2.43. The molecule has 0 saturated carbocycles. The van der Waals surface area contributed by atoms with Crippen molar-refractivity contribution in [2.24, 2.45) is 5.92 Å². The van der Waals surface area contributed by atoms with Gasteiger partial charge in [0.2, 0.25) is 5.91 Å². The minimum Gasteiger partial charge on any atom is -0.407 e. The van der Waals surface area contributed by atoms with Crippen molar-refractivity contribution >= 4 is 53.5 Å². The van der Waals surface area contributed by atoms with Crippen molar-refractivity contribution in [3.05, 3.63) is 88.9 Å². The Morgan fingerprint density at radius 1 is 0.895 bits per heavy atom. The SMILES string of the molecule is CC(C)CC(NCCCO[Si](c1ccccc1)(c1ccccc1)C(C)(C)C)C(=O)Nc1ccc(Cl)c(Cl)c1. The zero-order valence-corrected chi connectivity index (χ0v) is 25.6. The van der Waals surface area contributed by atoms with Gasteiger partial charge in [-0.3, -0.25) is 4.79 Å². The molecule has 0 spiro atoms. The van der Waals surface area contributed by atoms with Crippen LogP contribution in [0.15, 0.2) is 78.9 Å². The summed E-state index contributed by atoms with van der Waals surface area (Å²) in [6.45, 7) is 12.4. The Balaban J connectivity index is 1.69. The van der Waals surface area contributed by atoms with Crippen LogP contribution in [0.2, 0.25) is 15.1 Å². The number of halogens is 2. The van der Waals surface area contributed by atoms with Gasteiger partial charge in [-0.2, -0.15) is 0 Å². The molecule has 7 heteroatoms. The molecule has 38 heavy (non-hydrogen) atoms. The fraction of sp³-hybridized carbons (Fsp3) is 0.387. The van der Waals surface area contributed by atoms with Gasteiger partial charge in [-0.05, 0) is 58.9 Å². The van der Waals surface area contributed by atoms with E-state index in [0.29, 0.717) is 34.8 Å². The molecule has 0 aliphatic carbocycles. The average molecular weight is 572 g/mol. The van der Waals surface area contributed by atoms with Crippen LogP contribution in [0, 0.1) is 5.92 Å². The molecule has 0 fully saturated rings. The van der Waals surface area contributed by atoms with Gasteiger partial charge in [0.15, 0.2) is 0 Å². The number of nitrogens with one attached hydrogen (secondary N) is 2. The van der Waals surface area contributed by atoms with Gasteiger partial charge < -0.3 is 15.1 Å². The Morgan fingerprint density at radius 3 is 1.97 bits per heavy atom. The maximum Gasteiger partial charge on any atom is 0.261 e. The van der Waals surface area contributed by atoms with Crippen LogP contribution in [0.4, 0.5) is 5.69 Å². The molecule has 0 aromatic heterocycles. The van der Waals surface area contributed by atoms with E-state index in [-0.39, 0.29) is 17.0 Å². The first kappa shape index (κ1) is 30.4. The number of benzene rings is 3. The van der Waals surface area contributed by atoms with Gasteiger partial charge in [-0.15, -0.1) is 0 Å². The molecule has 0 heterocycles. The van der Waals surface area contributed by atoms with Crippen LogP contribution in [0.25, 0.3) is 0 Å². The zero-order chi connectivity index (χ0) is 27.8. The minimum absolute atomic E-state index is 0.0664. The zero-order valence-electron chi connectivity index (χ0n) is 23.1. The Morgan fingerprint density at radius 2 is 1.47 bits per heavy atom. The number of anilines is 1. The van der Waals surface area contributed by atoms with Gasteiger partial charge in [0.1, 0.15) is 0 Å². The van der Waals surface area contributed by atoms with Crippen molar-refractivity contribution in [1.29, 1.82) is 0 Å². The number of amides is 1. The lowest BCUT2D eigenvalue weighted by Crippen LogP contribution is -2.66. The van der Waals surface area contributed by atoms with E-state index in [0.717, 1.165) is 12.8 Å². The Bertz CT molecular complexity index is 1130. The number of carbonyl (C=O) groups is 1. The Hall–Kier alpha value is -2.15. The first-order chi connectivity index (χ1) is 18.0. The van der Waals surface area contributed by atoms with Crippen molar-refractivity contribution in [3.63, 3.8) is 0 Å². The van der Waals surface area contributed by atoms with Crippen molar-refractivity contribution in [3.8, 4) is 0 Å². The molecule has 3 aromatic carbocycles. The summed E-state index contributed by atoms with van der Waals surface area (Å²) in [6, 6.07) is 26.1. The van der Waals surface area contributed by atoms with Gasteiger partial charge in [0.05, 0.1) is 16.1 Å². The van der Waals surface area contributed by atoms with E-state index in [1.165, 1.54) is 10.4 Å². The molecule has 0 aliphatic rings. The summed E-state index contributed by atoms with van der Waals surface area (Å²) in [7, 11) is -2.57. The molecule has 0 radical (unpaired) electrons. The molecule has 1 amide bonds. The van der Waals surface area contributed by atoms with E-state index in [9.17, 15) is 4.79 Å². The number of hydrogen-bond donors (Lipinski definition) is 2. The van der Waals surface area contributed by atoms with E-state index in [2.05, 4.69) is 106 Å². The van der Waals surface area contributed by atoms with Crippen molar-refractivity contribution in [1.82, 2.24) is 5.32 Å². The van der Waals surface area contributed by atoms with Crippen LogP contribution < -0.4 is 21.0 Å². The summed E-state index contributed by atoms with van der Waals surface area (Å²) in [6.07, 6.45) is 1.52. The standard InChI is InChI=1S/C31H40Cl2N2O2Si/c1-23(2)21-29(30(36)35-24-17-18-27(32)28(33)22-24)34-19-12-20-37-38(31(3,4)5,25-13-8-6-9-14-25)26-15-10-7-11-16-26/h6-11,13-18,22-23,29,34H,12,19-21H2,1-5H3,(H,35,36). The molecule has 0 aliphatic heterocycles. The molecule has 3 aromatic rings. The highest BCUT2D eigenvalue weighted by molar-refractivity contribution is 6.99. The predicted molar refractivity (Wildman–Crippen MR) is 165 cm³/mol. The Kier molecular flexibility index (Phi) is 11.0. The second kappa shape index (κ2) is 13.8. The third-order valence-corrected chi connectivity index (χ3v) is 12.4. The first-order valence-electron chi connectivity index (χ1n) is 13.3. The molecule has 2 N–H and O–H groups in total. The molecule has 1 atom stereocenters. The smallest absolute Gasteiger partial charge is 0.261 e. The number of hydrogen-bond acceptors (Lipinski definition) is 3. The van der Waals surface area contributed by atoms with E-state index >= 15 is 0 Å². The first-order valence-corrected chi connectivity index (χ1v) is 16.0. The lowest BCUT2D eigenvalue weighted by molar-refractivity contribution is -0.118. The minimum atomic E-state index is -2.57. The summed E-state index contributed by atoms with van der Waals surface area (Å²) >= 11 is 12.1.